The highest BCUT2D eigenvalue weighted by atomic mass is 32.2. The minimum atomic E-state index is -0.286. The first-order valence-electron chi connectivity index (χ1n) is 7.51. The second-order valence-electron chi connectivity index (χ2n) is 5.26. The molecule has 1 aromatic heterocycles. The van der Waals surface area contributed by atoms with Gasteiger partial charge in [-0.05, 0) is 26.0 Å². The smallest absolute Gasteiger partial charge is 0.249 e. The molecule has 116 valence electrons. The van der Waals surface area contributed by atoms with E-state index in [0.29, 0.717) is 0 Å². The van der Waals surface area contributed by atoms with Crippen molar-refractivity contribution < 1.29 is 4.79 Å². The van der Waals surface area contributed by atoms with Crippen LogP contribution in [-0.4, -0.2) is 34.0 Å². The van der Waals surface area contributed by atoms with Gasteiger partial charge in [-0.25, -0.2) is 0 Å². The minimum absolute atomic E-state index is 0.0944. The zero-order valence-corrected chi connectivity index (χ0v) is 13.6. The summed E-state index contributed by atoms with van der Waals surface area (Å²) in [6, 6.07) is 7.80. The van der Waals surface area contributed by atoms with E-state index in [4.69, 9.17) is 0 Å². The Hall–Kier alpha value is -1.95. The molecule has 2 heterocycles. The molecule has 0 bridgehead atoms. The van der Waals surface area contributed by atoms with Gasteiger partial charge in [0.25, 0.3) is 0 Å². The van der Waals surface area contributed by atoms with Crippen molar-refractivity contribution in [1.82, 2.24) is 9.78 Å². The Kier molecular flexibility index (Phi) is 4.38. The average Bonchev–Trinajstić information content (AvgIpc) is 3.01. The van der Waals surface area contributed by atoms with Crippen LogP contribution in [0, 0.1) is 0 Å². The number of amides is 1. The number of hydrogen-bond donors (Lipinski definition) is 1. The molecular weight excluding hydrogens is 296 g/mol. The first-order valence-corrected chi connectivity index (χ1v) is 8.50. The van der Waals surface area contributed by atoms with Gasteiger partial charge in [-0.1, -0.05) is 12.1 Å². The zero-order chi connectivity index (χ0) is 15.5. The predicted octanol–water partition coefficient (Wildman–Crippen LogP) is 2.84. The molecule has 1 aromatic carbocycles. The van der Waals surface area contributed by atoms with E-state index < -0.39 is 0 Å². The second kappa shape index (κ2) is 6.44. The van der Waals surface area contributed by atoms with Gasteiger partial charge in [0.05, 0.1) is 17.6 Å². The number of thioether (sulfide) groups is 1. The van der Waals surface area contributed by atoms with Crippen LogP contribution in [0.4, 0.5) is 11.4 Å². The van der Waals surface area contributed by atoms with Crippen LogP contribution >= 0.6 is 11.8 Å². The summed E-state index contributed by atoms with van der Waals surface area (Å²) in [7, 11) is 0. The molecule has 1 atom stereocenters. The fourth-order valence-electron chi connectivity index (χ4n) is 2.55. The molecule has 6 heteroatoms. The highest BCUT2D eigenvalue weighted by Gasteiger charge is 2.26. The molecule has 1 N–H and O–H groups in total. The average molecular weight is 316 g/mol. The molecule has 0 aliphatic carbocycles. The number of nitrogens with zero attached hydrogens (tertiary/aromatic N) is 3. The molecule has 22 heavy (non-hydrogen) atoms. The molecule has 0 fully saturated rings. The first-order chi connectivity index (χ1) is 10.7. The van der Waals surface area contributed by atoms with E-state index in [1.807, 2.05) is 47.8 Å². The fraction of sp³-hybridized carbons (Fsp3) is 0.375. The van der Waals surface area contributed by atoms with Crippen molar-refractivity contribution in [1.29, 1.82) is 0 Å². The van der Waals surface area contributed by atoms with Crippen LogP contribution in [-0.2, 0) is 11.3 Å². The van der Waals surface area contributed by atoms with E-state index in [2.05, 4.69) is 16.5 Å². The van der Waals surface area contributed by atoms with Gasteiger partial charge >= 0.3 is 0 Å². The Bertz CT molecular complexity index is 670. The van der Waals surface area contributed by atoms with Gasteiger partial charge in [0.15, 0.2) is 0 Å². The summed E-state index contributed by atoms with van der Waals surface area (Å²) in [4.78, 5) is 15.8. The molecule has 1 amide bonds. The van der Waals surface area contributed by atoms with Crippen LogP contribution < -0.4 is 10.2 Å². The van der Waals surface area contributed by atoms with Crippen LogP contribution in [0.15, 0.2) is 41.6 Å². The number of benzene rings is 1. The number of carbonyl (C=O) groups is 1. The Labute approximate surface area is 134 Å². The maximum absolute atomic E-state index is 12.8. The van der Waals surface area contributed by atoms with Gasteiger partial charge in [-0.2, -0.15) is 5.10 Å². The first kappa shape index (κ1) is 15.0. The van der Waals surface area contributed by atoms with Crippen LogP contribution in [0.5, 0.6) is 0 Å². The van der Waals surface area contributed by atoms with Crippen LogP contribution in [0.2, 0.25) is 0 Å². The van der Waals surface area contributed by atoms with Crippen LogP contribution in [0.3, 0.4) is 0 Å². The molecule has 0 unspecified atom stereocenters. The SMILES string of the molecule is CCn1cc(N[C@@H](C)C(=O)N2CCSc3ccccc32)cn1. The third kappa shape index (κ3) is 2.97. The molecule has 0 spiro atoms. The Morgan fingerprint density at radius 2 is 2.27 bits per heavy atom. The second-order valence-corrected chi connectivity index (χ2v) is 6.39. The van der Waals surface area contributed by atoms with E-state index >= 15 is 0 Å². The monoisotopic (exact) mass is 316 g/mol. The number of rotatable bonds is 4. The molecule has 0 saturated heterocycles. The number of aryl methyl sites for hydroxylation is 1. The lowest BCUT2D eigenvalue weighted by atomic mass is 10.2. The lowest BCUT2D eigenvalue weighted by Crippen LogP contribution is -2.44. The van der Waals surface area contributed by atoms with Gasteiger partial charge in [0, 0.05) is 29.9 Å². The molecular formula is C16H20N4OS. The standard InChI is InChI=1S/C16H20N4OS/c1-3-19-11-13(10-17-19)18-12(2)16(21)20-8-9-22-15-7-5-4-6-14(15)20/h4-7,10-12,18H,3,8-9H2,1-2H3/t12-/m0/s1. The summed E-state index contributed by atoms with van der Waals surface area (Å²) in [6.07, 6.45) is 3.68. The minimum Gasteiger partial charge on any atom is -0.371 e. The van der Waals surface area contributed by atoms with Crippen LogP contribution in [0.25, 0.3) is 0 Å². The summed E-state index contributed by atoms with van der Waals surface area (Å²) in [5, 5.41) is 7.46. The highest BCUT2D eigenvalue weighted by Crippen LogP contribution is 2.34. The summed E-state index contributed by atoms with van der Waals surface area (Å²) >= 11 is 1.80. The number of hydrogen-bond acceptors (Lipinski definition) is 4. The number of anilines is 2. The maximum atomic E-state index is 12.8. The summed E-state index contributed by atoms with van der Waals surface area (Å²) in [5.41, 5.74) is 1.89. The topological polar surface area (TPSA) is 50.2 Å². The number of carbonyl (C=O) groups excluding carboxylic acids is 1. The van der Waals surface area contributed by atoms with Gasteiger partial charge in [0.1, 0.15) is 6.04 Å². The van der Waals surface area contributed by atoms with Gasteiger partial charge < -0.3 is 10.2 Å². The number of aromatic nitrogens is 2. The third-order valence-electron chi connectivity index (χ3n) is 3.71. The van der Waals surface area contributed by atoms with E-state index in [9.17, 15) is 4.79 Å². The molecule has 3 rings (SSSR count). The molecule has 0 saturated carbocycles. The van der Waals surface area contributed by atoms with Crippen molar-refractivity contribution in [2.45, 2.75) is 31.3 Å². The molecule has 0 radical (unpaired) electrons. The van der Waals surface area contributed by atoms with E-state index in [-0.39, 0.29) is 11.9 Å². The maximum Gasteiger partial charge on any atom is 0.249 e. The summed E-state index contributed by atoms with van der Waals surface area (Å²) in [6.45, 7) is 5.51. The largest absolute Gasteiger partial charge is 0.371 e. The quantitative estimate of drug-likeness (QED) is 0.942. The predicted molar refractivity (Wildman–Crippen MR) is 90.5 cm³/mol. The third-order valence-corrected chi connectivity index (χ3v) is 4.75. The van der Waals surface area contributed by atoms with Gasteiger partial charge in [0.2, 0.25) is 5.91 Å². The fourth-order valence-corrected chi connectivity index (χ4v) is 3.55. The molecule has 1 aliphatic heterocycles. The van der Waals surface area contributed by atoms with Gasteiger partial charge in [-0.3, -0.25) is 9.48 Å². The van der Waals surface area contributed by atoms with Crippen molar-refractivity contribution in [3.63, 3.8) is 0 Å². The molecule has 2 aromatic rings. The number of nitrogens with one attached hydrogen (secondary N) is 1. The summed E-state index contributed by atoms with van der Waals surface area (Å²) < 4.78 is 1.84. The van der Waals surface area contributed by atoms with E-state index in [1.54, 1.807) is 18.0 Å². The van der Waals surface area contributed by atoms with Crippen molar-refractivity contribution in [3.8, 4) is 0 Å². The Morgan fingerprint density at radius 1 is 1.45 bits per heavy atom. The van der Waals surface area contributed by atoms with Crippen molar-refractivity contribution in [2.75, 3.05) is 22.5 Å². The Balaban J connectivity index is 1.73. The van der Waals surface area contributed by atoms with Gasteiger partial charge in [-0.15, -0.1) is 11.8 Å². The summed E-state index contributed by atoms with van der Waals surface area (Å²) in [5.74, 6) is 1.03. The van der Waals surface area contributed by atoms with Crippen molar-refractivity contribution in [3.05, 3.63) is 36.7 Å². The molecule has 1 aliphatic rings. The number of para-hydroxylation sites is 1. The van der Waals surface area contributed by atoms with E-state index in [1.165, 1.54) is 4.90 Å². The lowest BCUT2D eigenvalue weighted by molar-refractivity contribution is -0.119. The van der Waals surface area contributed by atoms with Crippen molar-refractivity contribution >= 4 is 29.0 Å². The van der Waals surface area contributed by atoms with E-state index in [0.717, 1.165) is 30.2 Å². The number of fused-ring (bicyclic) bond motifs is 1. The van der Waals surface area contributed by atoms with Crippen LogP contribution in [0.1, 0.15) is 13.8 Å². The Morgan fingerprint density at radius 3 is 3.05 bits per heavy atom. The zero-order valence-electron chi connectivity index (χ0n) is 12.8. The van der Waals surface area contributed by atoms with Crippen molar-refractivity contribution in [2.24, 2.45) is 0 Å². The highest BCUT2D eigenvalue weighted by molar-refractivity contribution is 7.99. The molecule has 5 nitrogen and oxygen atoms in total. The lowest BCUT2D eigenvalue weighted by Gasteiger charge is -2.31. The normalized spacial score (nSPS) is 15.3.